The van der Waals surface area contributed by atoms with Crippen molar-refractivity contribution in [2.75, 3.05) is 42.9 Å². The second-order valence-electron chi connectivity index (χ2n) is 6.93. The maximum atomic E-state index is 12.9. The van der Waals surface area contributed by atoms with E-state index < -0.39 is 21.8 Å². The molecule has 0 saturated carbocycles. The fourth-order valence-electron chi connectivity index (χ4n) is 3.17. The minimum Gasteiger partial charge on any atom is -0.369 e. The summed E-state index contributed by atoms with van der Waals surface area (Å²) in [5, 5.41) is 7.71. The molecule has 1 aliphatic rings. The zero-order chi connectivity index (χ0) is 21.9. The average molecular weight is 442 g/mol. The standard InChI is InChI=1S/C19H21F3N4O3S/c20-19(21,22)14-2-1-3-16(12-14)26-10-8-25(9-11-26)13-18(27)24-15-4-6-17(7-5-15)30(23,28)29/h1-7,12H,8-11,13H2,(H,24,27)(H2,23,28,29). The Kier molecular flexibility index (Phi) is 6.34. The Morgan fingerprint density at radius 1 is 1.03 bits per heavy atom. The number of hydrogen-bond donors (Lipinski definition) is 2. The van der Waals surface area contributed by atoms with Crippen molar-refractivity contribution < 1.29 is 26.4 Å². The number of nitrogens with two attached hydrogens (primary N) is 1. The number of benzene rings is 2. The topological polar surface area (TPSA) is 95.7 Å². The van der Waals surface area contributed by atoms with Gasteiger partial charge in [0.2, 0.25) is 15.9 Å². The molecular formula is C19H21F3N4O3S. The second-order valence-corrected chi connectivity index (χ2v) is 8.49. The highest BCUT2D eigenvalue weighted by Crippen LogP contribution is 2.31. The lowest BCUT2D eigenvalue weighted by Gasteiger charge is -2.36. The first-order valence-electron chi connectivity index (χ1n) is 9.10. The van der Waals surface area contributed by atoms with Crippen molar-refractivity contribution in [1.29, 1.82) is 0 Å². The van der Waals surface area contributed by atoms with E-state index in [1.54, 1.807) is 6.07 Å². The normalized spacial score (nSPS) is 15.8. The van der Waals surface area contributed by atoms with Crippen LogP contribution in [0.15, 0.2) is 53.4 Å². The van der Waals surface area contributed by atoms with E-state index in [2.05, 4.69) is 5.32 Å². The lowest BCUT2D eigenvalue weighted by Crippen LogP contribution is -2.48. The minimum absolute atomic E-state index is 0.0498. The van der Waals surface area contributed by atoms with Crippen LogP contribution in [-0.2, 0) is 21.0 Å². The van der Waals surface area contributed by atoms with Crippen molar-refractivity contribution in [3.05, 3.63) is 54.1 Å². The predicted molar refractivity (Wildman–Crippen MR) is 107 cm³/mol. The summed E-state index contributed by atoms with van der Waals surface area (Å²) in [5.74, 6) is -0.272. The fraction of sp³-hybridized carbons (Fsp3) is 0.316. The van der Waals surface area contributed by atoms with Gasteiger partial charge in [-0.3, -0.25) is 9.69 Å². The van der Waals surface area contributed by atoms with E-state index >= 15 is 0 Å². The Labute approximate surface area is 172 Å². The maximum absolute atomic E-state index is 12.9. The molecule has 0 radical (unpaired) electrons. The summed E-state index contributed by atoms with van der Waals surface area (Å²) >= 11 is 0. The molecule has 1 heterocycles. The SMILES string of the molecule is NS(=O)(=O)c1ccc(NC(=O)CN2CCN(c3cccc(C(F)(F)F)c3)CC2)cc1. The molecule has 1 saturated heterocycles. The zero-order valence-corrected chi connectivity index (χ0v) is 16.7. The molecule has 1 aliphatic heterocycles. The van der Waals surface area contributed by atoms with Crippen molar-refractivity contribution in [3.8, 4) is 0 Å². The van der Waals surface area contributed by atoms with E-state index in [4.69, 9.17) is 5.14 Å². The van der Waals surface area contributed by atoms with E-state index in [1.807, 2.05) is 9.80 Å². The van der Waals surface area contributed by atoms with Gasteiger partial charge in [0.15, 0.2) is 0 Å². The molecule has 0 aromatic heterocycles. The van der Waals surface area contributed by atoms with Crippen LogP contribution in [0, 0.1) is 0 Å². The van der Waals surface area contributed by atoms with Gasteiger partial charge in [0.25, 0.3) is 0 Å². The minimum atomic E-state index is -4.39. The number of rotatable bonds is 5. The van der Waals surface area contributed by atoms with Gasteiger partial charge in [-0.1, -0.05) is 6.07 Å². The van der Waals surface area contributed by atoms with Gasteiger partial charge in [0.1, 0.15) is 0 Å². The van der Waals surface area contributed by atoms with Gasteiger partial charge >= 0.3 is 6.18 Å². The van der Waals surface area contributed by atoms with Crippen LogP contribution in [0.1, 0.15) is 5.56 Å². The van der Waals surface area contributed by atoms with Gasteiger partial charge in [0.05, 0.1) is 17.0 Å². The first kappa shape index (κ1) is 22.1. The highest BCUT2D eigenvalue weighted by atomic mass is 32.2. The van der Waals surface area contributed by atoms with Crippen LogP contribution in [-0.4, -0.2) is 51.9 Å². The Bertz CT molecular complexity index is 1000. The summed E-state index contributed by atoms with van der Waals surface area (Å²) in [7, 11) is -3.80. The number of carbonyl (C=O) groups excluding carboxylic acids is 1. The van der Waals surface area contributed by atoms with Crippen molar-refractivity contribution in [2.45, 2.75) is 11.1 Å². The van der Waals surface area contributed by atoms with Crippen molar-refractivity contribution >= 4 is 27.3 Å². The summed E-state index contributed by atoms with van der Waals surface area (Å²) in [4.78, 5) is 15.9. The van der Waals surface area contributed by atoms with E-state index in [1.165, 1.54) is 30.3 Å². The molecule has 0 atom stereocenters. The largest absolute Gasteiger partial charge is 0.416 e. The molecule has 162 valence electrons. The highest BCUT2D eigenvalue weighted by molar-refractivity contribution is 7.89. The Morgan fingerprint density at radius 3 is 2.23 bits per heavy atom. The number of carbonyl (C=O) groups is 1. The number of amides is 1. The maximum Gasteiger partial charge on any atom is 0.416 e. The van der Waals surface area contributed by atoms with E-state index in [9.17, 15) is 26.4 Å². The van der Waals surface area contributed by atoms with Crippen LogP contribution in [0.2, 0.25) is 0 Å². The number of sulfonamides is 1. The number of nitrogens with zero attached hydrogens (tertiary/aromatic N) is 2. The smallest absolute Gasteiger partial charge is 0.369 e. The van der Waals surface area contributed by atoms with Gasteiger partial charge in [-0.15, -0.1) is 0 Å². The Morgan fingerprint density at radius 2 is 1.67 bits per heavy atom. The third-order valence-electron chi connectivity index (χ3n) is 4.74. The van der Waals surface area contributed by atoms with Crippen molar-refractivity contribution in [2.24, 2.45) is 5.14 Å². The molecule has 1 amide bonds. The van der Waals surface area contributed by atoms with Gasteiger partial charge in [0, 0.05) is 37.6 Å². The van der Waals surface area contributed by atoms with Crippen LogP contribution in [0.25, 0.3) is 0 Å². The number of anilines is 2. The number of piperazine rings is 1. The molecule has 7 nitrogen and oxygen atoms in total. The van der Waals surface area contributed by atoms with Gasteiger partial charge < -0.3 is 10.2 Å². The lowest BCUT2D eigenvalue weighted by atomic mass is 10.1. The quantitative estimate of drug-likeness (QED) is 0.740. The molecule has 1 fully saturated rings. The molecule has 0 unspecified atom stereocenters. The number of alkyl halides is 3. The molecule has 3 rings (SSSR count). The first-order valence-corrected chi connectivity index (χ1v) is 10.6. The van der Waals surface area contributed by atoms with Crippen LogP contribution in [0.5, 0.6) is 0 Å². The Balaban J connectivity index is 1.51. The number of halogens is 3. The molecule has 11 heteroatoms. The Hall–Kier alpha value is -2.63. The average Bonchev–Trinajstić information content (AvgIpc) is 2.68. The van der Waals surface area contributed by atoms with Crippen molar-refractivity contribution in [3.63, 3.8) is 0 Å². The van der Waals surface area contributed by atoms with Crippen LogP contribution in [0.3, 0.4) is 0 Å². The summed E-state index contributed by atoms with van der Waals surface area (Å²) in [6.07, 6.45) is -4.39. The third-order valence-corrected chi connectivity index (χ3v) is 5.67. The molecule has 2 aromatic carbocycles. The molecule has 0 aliphatic carbocycles. The first-order chi connectivity index (χ1) is 14.0. The summed E-state index contributed by atoms with van der Waals surface area (Å²) in [6.45, 7) is 2.16. The lowest BCUT2D eigenvalue weighted by molar-refractivity contribution is -0.137. The van der Waals surface area contributed by atoms with Crippen LogP contribution >= 0.6 is 0 Å². The van der Waals surface area contributed by atoms with E-state index in [-0.39, 0.29) is 17.3 Å². The van der Waals surface area contributed by atoms with Gasteiger partial charge in [-0.2, -0.15) is 13.2 Å². The molecule has 3 N–H and O–H groups in total. The highest BCUT2D eigenvalue weighted by Gasteiger charge is 2.31. The summed E-state index contributed by atoms with van der Waals surface area (Å²) in [5.41, 5.74) is 0.258. The van der Waals surface area contributed by atoms with E-state index in [0.29, 0.717) is 37.6 Å². The predicted octanol–water partition coefficient (Wildman–Crippen LogP) is 2.11. The zero-order valence-electron chi connectivity index (χ0n) is 15.9. The fourth-order valence-corrected chi connectivity index (χ4v) is 3.69. The summed E-state index contributed by atoms with van der Waals surface area (Å²) < 4.78 is 61.2. The third kappa shape index (κ3) is 5.71. The molecule has 0 spiro atoms. The van der Waals surface area contributed by atoms with Gasteiger partial charge in [-0.05, 0) is 42.5 Å². The van der Waals surface area contributed by atoms with Crippen molar-refractivity contribution in [1.82, 2.24) is 4.90 Å². The van der Waals surface area contributed by atoms with Crippen LogP contribution in [0.4, 0.5) is 24.5 Å². The molecule has 0 bridgehead atoms. The molecule has 30 heavy (non-hydrogen) atoms. The molecular weight excluding hydrogens is 421 g/mol. The molecule has 2 aromatic rings. The second kappa shape index (κ2) is 8.62. The number of hydrogen-bond acceptors (Lipinski definition) is 5. The monoisotopic (exact) mass is 442 g/mol. The number of nitrogens with one attached hydrogen (secondary N) is 1. The van der Waals surface area contributed by atoms with E-state index in [0.717, 1.165) is 12.1 Å². The summed E-state index contributed by atoms with van der Waals surface area (Å²) in [6, 6.07) is 10.7. The van der Waals surface area contributed by atoms with Gasteiger partial charge in [-0.25, -0.2) is 13.6 Å². The van der Waals surface area contributed by atoms with Crippen LogP contribution < -0.4 is 15.4 Å². The number of primary sulfonamides is 1.